The lowest BCUT2D eigenvalue weighted by Crippen LogP contribution is -2.31. The highest BCUT2D eigenvalue weighted by molar-refractivity contribution is 6.07. The van der Waals surface area contributed by atoms with Crippen LogP contribution in [-0.2, 0) is 11.2 Å². The number of nitrogens with zero attached hydrogens (tertiary/aromatic N) is 1. The number of aryl methyl sites for hydroxylation is 1. The van der Waals surface area contributed by atoms with E-state index in [0.29, 0.717) is 0 Å². The monoisotopic (exact) mass is 251 g/mol. The zero-order valence-corrected chi connectivity index (χ0v) is 10.4. The van der Waals surface area contributed by atoms with Crippen LogP contribution < -0.4 is 0 Å². The van der Waals surface area contributed by atoms with Gasteiger partial charge in [-0.1, -0.05) is 24.3 Å². The van der Waals surface area contributed by atoms with E-state index in [4.69, 9.17) is 4.74 Å². The third-order valence-corrected chi connectivity index (χ3v) is 4.12. The van der Waals surface area contributed by atoms with Crippen molar-refractivity contribution >= 4 is 5.78 Å². The Kier molecular flexibility index (Phi) is 2.15. The van der Waals surface area contributed by atoms with E-state index in [1.807, 2.05) is 36.4 Å². The number of pyridine rings is 1. The minimum Gasteiger partial charge on any atom is -0.352 e. The summed E-state index contributed by atoms with van der Waals surface area (Å²) < 4.78 is 5.82. The van der Waals surface area contributed by atoms with Gasteiger partial charge in [0.2, 0.25) is 0 Å². The van der Waals surface area contributed by atoms with Crippen molar-refractivity contribution in [2.45, 2.75) is 24.5 Å². The van der Waals surface area contributed by atoms with Crippen LogP contribution in [0.5, 0.6) is 0 Å². The number of Topliss-reactive ketones (excluding diaryl/α,β-unsaturated/α-hetero) is 1. The quantitative estimate of drug-likeness (QED) is 0.732. The van der Waals surface area contributed by atoms with Crippen LogP contribution in [0.15, 0.2) is 48.8 Å². The highest BCUT2D eigenvalue weighted by atomic mass is 16.6. The Morgan fingerprint density at radius 2 is 1.95 bits per heavy atom. The predicted molar refractivity (Wildman–Crippen MR) is 69.9 cm³/mol. The van der Waals surface area contributed by atoms with Gasteiger partial charge >= 0.3 is 0 Å². The van der Waals surface area contributed by atoms with E-state index < -0.39 is 5.60 Å². The van der Waals surface area contributed by atoms with Crippen molar-refractivity contribution in [3.8, 4) is 0 Å². The normalized spacial score (nSPS) is 28.2. The highest BCUT2D eigenvalue weighted by Crippen LogP contribution is 2.56. The molecule has 2 aromatic rings. The number of benzene rings is 1. The molecule has 1 spiro atoms. The second-order valence-corrected chi connectivity index (χ2v) is 5.15. The fourth-order valence-corrected chi connectivity index (χ4v) is 3.04. The summed E-state index contributed by atoms with van der Waals surface area (Å²) in [7, 11) is 0. The van der Waals surface area contributed by atoms with Crippen molar-refractivity contribution in [2.75, 3.05) is 0 Å². The molecule has 0 amide bonds. The van der Waals surface area contributed by atoms with Gasteiger partial charge in [0.15, 0.2) is 11.4 Å². The van der Waals surface area contributed by atoms with Crippen molar-refractivity contribution in [1.82, 2.24) is 4.98 Å². The minimum atomic E-state index is -0.615. The zero-order valence-electron chi connectivity index (χ0n) is 10.4. The van der Waals surface area contributed by atoms with Crippen LogP contribution in [0.25, 0.3) is 0 Å². The van der Waals surface area contributed by atoms with Gasteiger partial charge in [0.1, 0.15) is 6.10 Å². The highest BCUT2D eigenvalue weighted by Gasteiger charge is 2.63. The number of carbonyl (C=O) groups is 1. The van der Waals surface area contributed by atoms with Crippen LogP contribution in [0.3, 0.4) is 0 Å². The molecule has 3 heteroatoms. The number of rotatable bonds is 1. The van der Waals surface area contributed by atoms with Crippen molar-refractivity contribution in [3.05, 3.63) is 65.5 Å². The van der Waals surface area contributed by atoms with Gasteiger partial charge in [-0.2, -0.15) is 0 Å². The summed E-state index contributed by atoms with van der Waals surface area (Å²) in [5.74, 6) is 0.135. The van der Waals surface area contributed by atoms with Gasteiger partial charge in [0, 0.05) is 18.0 Å². The maximum Gasteiger partial charge on any atom is 0.198 e. The van der Waals surface area contributed by atoms with Crippen molar-refractivity contribution in [1.29, 1.82) is 0 Å². The molecule has 2 aliphatic rings. The molecule has 1 aromatic heterocycles. The fourth-order valence-electron chi connectivity index (χ4n) is 3.04. The lowest BCUT2D eigenvalue weighted by atomic mass is 9.79. The molecule has 0 bridgehead atoms. The van der Waals surface area contributed by atoms with Gasteiger partial charge in [-0.3, -0.25) is 9.78 Å². The minimum absolute atomic E-state index is 0.101. The van der Waals surface area contributed by atoms with E-state index in [1.165, 1.54) is 0 Å². The van der Waals surface area contributed by atoms with E-state index in [0.717, 1.165) is 29.5 Å². The molecule has 2 heterocycles. The van der Waals surface area contributed by atoms with Crippen LogP contribution in [-0.4, -0.2) is 16.4 Å². The summed E-state index contributed by atoms with van der Waals surface area (Å²) in [6, 6.07) is 11.7. The Morgan fingerprint density at radius 3 is 2.79 bits per heavy atom. The van der Waals surface area contributed by atoms with Gasteiger partial charge in [-0.25, -0.2) is 0 Å². The number of aromatic nitrogens is 1. The molecule has 0 unspecified atom stereocenters. The molecule has 3 nitrogen and oxygen atoms in total. The Balaban J connectivity index is 1.71. The molecular weight excluding hydrogens is 238 g/mol. The summed E-state index contributed by atoms with van der Waals surface area (Å²) in [6.45, 7) is 0. The second kappa shape index (κ2) is 3.75. The summed E-state index contributed by atoms with van der Waals surface area (Å²) in [6.07, 6.45) is 5.06. The lowest BCUT2D eigenvalue weighted by molar-refractivity contribution is 0.0850. The molecule has 94 valence electrons. The Labute approximate surface area is 111 Å². The van der Waals surface area contributed by atoms with E-state index in [9.17, 15) is 4.79 Å². The third kappa shape index (κ3) is 1.48. The number of epoxide rings is 1. The van der Waals surface area contributed by atoms with Crippen molar-refractivity contribution in [2.24, 2.45) is 0 Å². The zero-order chi connectivity index (χ0) is 12.9. The fraction of sp³-hybridized carbons (Fsp3) is 0.250. The number of ether oxygens (including phenoxy) is 1. The average Bonchev–Trinajstić information content (AvgIpc) is 3.20. The van der Waals surface area contributed by atoms with E-state index in [2.05, 4.69) is 4.98 Å². The Morgan fingerprint density at radius 1 is 1.16 bits per heavy atom. The maximum absolute atomic E-state index is 12.6. The van der Waals surface area contributed by atoms with Gasteiger partial charge in [-0.05, 0) is 36.1 Å². The summed E-state index contributed by atoms with van der Waals surface area (Å²) in [4.78, 5) is 16.6. The number of hydrogen-bond acceptors (Lipinski definition) is 3. The number of hydrogen-bond donors (Lipinski definition) is 0. The van der Waals surface area contributed by atoms with E-state index in [1.54, 1.807) is 12.4 Å². The molecule has 1 aromatic carbocycles. The largest absolute Gasteiger partial charge is 0.352 e. The molecule has 1 saturated heterocycles. The first-order chi connectivity index (χ1) is 9.31. The summed E-state index contributed by atoms with van der Waals surface area (Å²) in [5, 5.41) is 0. The molecule has 0 saturated carbocycles. The molecule has 2 atom stereocenters. The summed E-state index contributed by atoms with van der Waals surface area (Å²) in [5.41, 5.74) is 2.39. The van der Waals surface area contributed by atoms with Crippen LogP contribution >= 0.6 is 0 Å². The van der Waals surface area contributed by atoms with Crippen LogP contribution in [0.2, 0.25) is 0 Å². The first-order valence-electron chi connectivity index (χ1n) is 6.52. The van der Waals surface area contributed by atoms with Gasteiger partial charge < -0.3 is 4.74 Å². The molecule has 1 aliphatic heterocycles. The average molecular weight is 251 g/mol. The van der Waals surface area contributed by atoms with Crippen LogP contribution in [0.4, 0.5) is 0 Å². The first-order valence-corrected chi connectivity index (χ1v) is 6.52. The number of ketones is 1. The molecule has 0 radical (unpaired) electrons. The number of fused-ring (bicyclic) bond motifs is 1. The van der Waals surface area contributed by atoms with Crippen molar-refractivity contribution in [3.63, 3.8) is 0 Å². The van der Waals surface area contributed by atoms with E-state index >= 15 is 0 Å². The maximum atomic E-state index is 12.6. The second-order valence-electron chi connectivity index (χ2n) is 5.15. The Bertz CT molecular complexity index is 653. The smallest absolute Gasteiger partial charge is 0.198 e. The van der Waals surface area contributed by atoms with Gasteiger partial charge in [0.25, 0.3) is 0 Å². The van der Waals surface area contributed by atoms with Crippen LogP contribution in [0, 0.1) is 0 Å². The molecule has 0 N–H and O–H groups in total. The number of carbonyl (C=O) groups excluding carboxylic acids is 1. The third-order valence-electron chi connectivity index (χ3n) is 4.12. The van der Waals surface area contributed by atoms with E-state index in [-0.39, 0.29) is 11.9 Å². The topological polar surface area (TPSA) is 42.5 Å². The lowest BCUT2D eigenvalue weighted by Gasteiger charge is -2.20. The first kappa shape index (κ1) is 10.9. The van der Waals surface area contributed by atoms with Gasteiger partial charge in [0.05, 0.1) is 0 Å². The predicted octanol–water partition coefficient (Wildman–Crippen LogP) is 2.72. The SMILES string of the molecule is O=C1c2ccccc2CC[C@@]12O[C@@H]2c1ccncc1. The Hall–Kier alpha value is -2.00. The van der Waals surface area contributed by atoms with Crippen molar-refractivity contribution < 1.29 is 9.53 Å². The van der Waals surface area contributed by atoms with Crippen LogP contribution in [0.1, 0.15) is 34.0 Å². The molecule has 1 fully saturated rings. The molecule has 19 heavy (non-hydrogen) atoms. The van der Waals surface area contributed by atoms with Gasteiger partial charge in [-0.15, -0.1) is 0 Å². The molecule has 1 aliphatic carbocycles. The summed E-state index contributed by atoms with van der Waals surface area (Å²) >= 11 is 0. The molecular formula is C16H13NO2. The standard InChI is InChI=1S/C16H13NO2/c18-14-13-4-2-1-3-11(13)5-8-16(14)15(19-16)12-6-9-17-10-7-12/h1-4,6-7,9-10,15H,5,8H2/t15-,16-/m1/s1. The molecule has 4 rings (SSSR count).